The summed E-state index contributed by atoms with van der Waals surface area (Å²) in [6, 6.07) is 31.1. The molecule has 238 valence electrons. The second kappa shape index (κ2) is 16.5. The fraction of sp³-hybridized carbons (Fsp3) is 0.289. The number of carbonyl (C=O) groups excluding carboxylic acids is 3. The zero-order valence-electron chi connectivity index (χ0n) is 25.6. The van der Waals surface area contributed by atoms with E-state index in [0.717, 1.165) is 22.3 Å². The predicted octanol–water partition coefficient (Wildman–Crippen LogP) is 7.97. The van der Waals surface area contributed by atoms with Crippen molar-refractivity contribution in [3.63, 3.8) is 0 Å². The molecule has 0 saturated heterocycles. The molecule has 2 N–H and O–H groups in total. The van der Waals surface area contributed by atoms with Gasteiger partial charge in [0.2, 0.25) is 0 Å². The third-order valence-corrected chi connectivity index (χ3v) is 9.15. The van der Waals surface area contributed by atoms with Crippen molar-refractivity contribution in [2.75, 3.05) is 19.7 Å². The molecule has 8 heteroatoms. The Morgan fingerprint density at radius 1 is 0.696 bits per heavy atom. The Balaban J connectivity index is 1.12. The third kappa shape index (κ3) is 9.06. The zero-order chi connectivity index (χ0) is 32.3. The molecule has 46 heavy (non-hydrogen) atoms. The number of fused-ring (bicyclic) bond motifs is 3. The number of Topliss-reactive ketones (excluding diaryl/α,β-unsaturated/α-hetero) is 2. The topological polar surface area (TPSA) is 84.5 Å². The van der Waals surface area contributed by atoms with E-state index in [1.807, 2.05) is 60.7 Å². The van der Waals surface area contributed by atoms with E-state index in [2.05, 4.69) is 34.9 Å². The maximum atomic E-state index is 13.3. The van der Waals surface area contributed by atoms with E-state index < -0.39 is 12.1 Å². The van der Waals surface area contributed by atoms with Crippen LogP contribution in [0.2, 0.25) is 10.0 Å². The van der Waals surface area contributed by atoms with Gasteiger partial charge in [-0.3, -0.25) is 9.59 Å². The standard InChI is InChI=1S/C38H38Cl2N2O4/c39-34-18-15-27(24-35(34)40)16-19-37(44)36(41-22-20-28(43)17-14-26-8-2-1-3-9-26)21-23-42-38(45)46-25-33-31-12-6-4-10-29(31)30-11-5-7-13-32(30)33/h1-13,15,18,24,33,36,41H,14,16-17,19-23,25H2,(H,42,45)/t36-/m1/s1. The van der Waals surface area contributed by atoms with Crippen molar-refractivity contribution in [1.82, 2.24) is 10.6 Å². The Hall–Kier alpha value is -3.97. The second-order valence-corrected chi connectivity index (χ2v) is 12.4. The lowest BCUT2D eigenvalue weighted by atomic mass is 9.98. The number of ether oxygens (including phenoxy) is 1. The summed E-state index contributed by atoms with van der Waals surface area (Å²) in [6.07, 6.45) is 2.08. The SMILES string of the molecule is O=C(CCN[C@H](CCNC(=O)OCC1c2ccccc2-c2ccccc21)C(=O)CCc1ccc(Cl)c(Cl)c1)CCc1ccccc1. The summed E-state index contributed by atoms with van der Waals surface area (Å²) < 4.78 is 5.66. The molecule has 0 bridgehead atoms. The molecule has 1 atom stereocenters. The quantitative estimate of drug-likeness (QED) is 0.128. The van der Waals surface area contributed by atoms with Crippen LogP contribution in [0.25, 0.3) is 11.1 Å². The number of ketones is 2. The van der Waals surface area contributed by atoms with Gasteiger partial charge in [-0.2, -0.15) is 0 Å². The monoisotopic (exact) mass is 656 g/mol. The van der Waals surface area contributed by atoms with Gasteiger partial charge in [-0.15, -0.1) is 0 Å². The Kier molecular flexibility index (Phi) is 12.0. The summed E-state index contributed by atoms with van der Waals surface area (Å²) in [7, 11) is 0. The maximum absolute atomic E-state index is 13.3. The van der Waals surface area contributed by atoms with Crippen LogP contribution in [-0.2, 0) is 27.2 Å². The Morgan fingerprint density at radius 3 is 2.04 bits per heavy atom. The van der Waals surface area contributed by atoms with Gasteiger partial charge in [0, 0.05) is 38.3 Å². The van der Waals surface area contributed by atoms with E-state index in [0.29, 0.717) is 48.7 Å². The minimum atomic E-state index is -0.529. The van der Waals surface area contributed by atoms with Crippen LogP contribution in [0.5, 0.6) is 0 Å². The highest BCUT2D eigenvalue weighted by Crippen LogP contribution is 2.44. The van der Waals surface area contributed by atoms with Crippen molar-refractivity contribution in [2.45, 2.75) is 50.5 Å². The van der Waals surface area contributed by atoms with Crippen LogP contribution in [-0.4, -0.2) is 43.4 Å². The third-order valence-electron chi connectivity index (χ3n) is 8.41. The molecular formula is C38H38Cl2N2O4. The normalized spacial score (nSPS) is 12.7. The van der Waals surface area contributed by atoms with Gasteiger partial charge in [-0.05, 0) is 64.8 Å². The summed E-state index contributed by atoms with van der Waals surface area (Å²) in [5.74, 6) is 0.0993. The van der Waals surface area contributed by atoms with Gasteiger partial charge in [0.1, 0.15) is 18.2 Å². The van der Waals surface area contributed by atoms with Crippen molar-refractivity contribution < 1.29 is 19.1 Å². The molecule has 0 radical (unpaired) electrons. The molecule has 4 aromatic carbocycles. The summed E-state index contributed by atoms with van der Waals surface area (Å²) >= 11 is 12.2. The highest BCUT2D eigenvalue weighted by atomic mass is 35.5. The molecule has 0 aromatic heterocycles. The molecule has 0 unspecified atom stereocenters. The smallest absolute Gasteiger partial charge is 0.407 e. The first kappa shape index (κ1) is 33.4. The number of amides is 1. The van der Waals surface area contributed by atoms with Crippen LogP contribution >= 0.6 is 23.2 Å². The molecule has 0 fully saturated rings. The van der Waals surface area contributed by atoms with Crippen molar-refractivity contribution in [3.8, 4) is 11.1 Å². The van der Waals surface area contributed by atoms with Crippen molar-refractivity contribution >= 4 is 40.9 Å². The van der Waals surface area contributed by atoms with Gasteiger partial charge < -0.3 is 15.4 Å². The van der Waals surface area contributed by atoms with Crippen LogP contribution in [0.15, 0.2) is 97.1 Å². The first-order valence-electron chi connectivity index (χ1n) is 15.7. The predicted molar refractivity (Wildman–Crippen MR) is 184 cm³/mol. The van der Waals surface area contributed by atoms with Gasteiger partial charge >= 0.3 is 6.09 Å². The Bertz CT molecular complexity index is 1610. The summed E-state index contributed by atoms with van der Waals surface area (Å²) in [4.78, 5) is 38.6. The van der Waals surface area contributed by atoms with Gasteiger partial charge in [0.15, 0.2) is 0 Å². The van der Waals surface area contributed by atoms with E-state index in [9.17, 15) is 14.4 Å². The number of carbonyl (C=O) groups is 3. The van der Waals surface area contributed by atoms with Crippen LogP contribution in [0.1, 0.15) is 53.9 Å². The van der Waals surface area contributed by atoms with Crippen molar-refractivity contribution in [2.24, 2.45) is 0 Å². The van der Waals surface area contributed by atoms with Crippen LogP contribution < -0.4 is 10.6 Å². The van der Waals surface area contributed by atoms with Crippen molar-refractivity contribution in [3.05, 3.63) is 129 Å². The fourth-order valence-electron chi connectivity index (χ4n) is 5.92. The van der Waals surface area contributed by atoms with Gasteiger partial charge in [-0.25, -0.2) is 4.79 Å². The number of nitrogens with one attached hydrogen (secondary N) is 2. The number of hydrogen-bond donors (Lipinski definition) is 2. The van der Waals surface area contributed by atoms with E-state index >= 15 is 0 Å². The first-order chi connectivity index (χ1) is 22.4. The number of benzene rings is 4. The van der Waals surface area contributed by atoms with Gasteiger partial charge in [0.25, 0.3) is 0 Å². The average molecular weight is 658 g/mol. The molecule has 5 rings (SSSR count). The molecule has 1 aliphatic rings. The van der Waals surface area contributed by atoms with Gasteiger partial charge in [-0.1, -0.05) is 108 Å². The van der Waals surface area contributed by atoms with Gasteiger partial charge in [0.05, 0.1) is 16.1 Å². The highest BCUT2D eigenvalue weighted by Gasteiger charge is 2.29. The average Bonchev–Trinajstić information content (AvgIpc) is 3.40. The lowest BCUT2D eigenvalue weighted by Gasteiger charge is -2.19. The Morgan fingerprint density at radius 2 is 1.35 bits per heavy atom. The zero-order valence-corrected chi connectivity index (χ0v) is 27.2. The summed E-state index contributed by atoms with van der Waals surface area (Å²) in [6.45, 7) is 0.839. The van der Waals surface area contributed by atoms with Crippen LogP contribution in [0.3, 0.4) is 0 Å². The summed E-state index contributed by atoms with van der Waals surface area (Å²) in [5.41, 5.74) is 6.66. The first-order valence-corrected chi connectivity index (χ1v) is 16.5. The molecule has 1 aliphatic carbocycles. The van der Waals surface area contributed by atoms with E-state index in [-0.39, 0.29) is 37.1 Å². The molecule has 1 amide bonds. The van der Waals surface area contributed by atoms with Crippen LogP contribution in [0, 0.1) is 0 Å². The molecule has 0 aliphatic heterocycles. The highest BCUT2D eigenvalue weighted by molar-refractivity contribution is 6.42. The molecule has 6 nitrogen and oxygen atoms in total. The lowest BCUT2D eigenvalue weighted by molar-refractivity contribution is -0.122. The van der Waals surface area contributed by atoms with E-state index in [1.165, 1.54) is 11.1 Å². The molecule has 0 saturated carbocycles. The van der Waals surface area contributed by atoms with Crippen molar-refractivity contribution in [1.29, 1.82) is 0 Å². The number of halogens is 2. The molecule has 4 aromatic rings. The Labute approximate surface area is 280 Å². The molecule has 0 heterocycles. The van der Waals surface area contributed by atoms with E-state index in [4.69, 9.17) is 27.9 Å². The van der Waals surface area contributed by atoms with E-state index in [1.54, 1.807) is 12.1 Å². The molecule has 0 spiro atoms. The molecular weight excluding hydrogens is 619 g/mol. The van der Waals surface area contributed by atoms with Crippen LogP contribution in [0.4, 0.5) is 4.79 Å². The largest absolute Gasteiger partial charge is 0.449 e. The number of aryl methyl sites for hydroxylation is 2. The summed E-state index contributed by atoms with van der Waals surface area (Å²) in [5, 5.41) is 6.99. The number of hydrogen-bond acceptors (Lipinski definition) is 5. The number of rotatable bonds is 16. The minimum absolute atomic E-state index is 0.00264. The number of alkyl carbamates (subject to hydrolysis) is 1. The fourth-order valence-corrected chi connectivity index (χ4v) is 6.24. The second-order valence-electron chi connectivity index (χ2n) is 11.5. The minimum Gasteiger partial charge on any atom is -0.449 e. The maximum Gasteiger partial charge on any atom is 0.407 e. The lowest BCUT2D eigenvalue weighted by Crippen LogP contribution is -2.41.